The fourth-order valence-electron chi connectivity index (χ4n) is 3.49. The topological polar surface area (TPSA) is 29.3 Å². The van der Waals surface area contributed by atoms with Crippen LogP contribution in [0.25, 0.3) is 0 Å². The lowest BCUT2D eigenvalue weighted by atomic mass is 9.83. The third-order valence-electron chi connectivity index (χ3n) is 4.94. The maximum atomic E-state index is 6.58. The van der Waals surface area contributed by atoms with Crippen LogP contribution in [-0.2, 0) is 12.8 Å². The number of hydrogen-bond acceptors (Lipinski definition) is 2. The molecule has 0 amide bonds. The van der Waals surface area contributed by atoms with Crippen molar-refractivity contribution in [1.29, 1.82) is 0 Å². The normalized spacial score (nSPS) is 19.8. The van der Waals surface area contributed by atoms with Crippen molar-refractivity contribution in [2.45, 2.75) is 57.0 Å². The number of aryl methyl sites for hydroxylation is 1. The monoisotopic (exact) mass is 260 g/mol. The van der Waals surface area contributed by atoms with Gasteiger partial charge in [-0.3, -0.25) is 0 Å². The summed E-state index contributed by atoms with van der Waals surface area (Å²) >= 11 is 0. The number of hydrogen-bond donors (Lipinski definition) is 1. The predicted molar refractivity (Wildman–Crippen MR) is 82.4 cm³/mol. The van der Waals surface area contributed by atoms with Gasteiger partial charge in [0.15, 0.2) is 0 Å². The van der Waals surface area contributed by atoms with E-state index in [9.17, 15) is 0 Å². The Morgan fingerprint density at radius 2 is 1.63 bits per heavy atom. The van der Waals surface area contributed by atoms with Gasteiger partial charge >= 0.3 is 0 Å². The Hall–Kier alpha value is -0.860. The van der Waals surface area contributed by atoms with Crippen LogP contribution in [0, 0.1) is 0 Å². The molecule has 0 bridgehead atoms. The minimum Gasteiger partial charge on any atom is -0.326 e. The van der Waals surface area contributed by atoms with E-state index in [1.165, 1.54) is 36.8 Å². The van der Waals surface area contributed by atoms with Crippen molar-refractivity contribution >= 4 is 0 Å². The number of likely N-dealkylation sites (N-methyl/N-ethyl adjacent to an activating group) is 1. The van der Waals surface area contributed by atoms with Gasteiger partial charge < -0.3 is 10.6 Å². The predicted octanol–water partition coefficient (Wildman–Crippen LogP) is 2.99. The summed E-state index contributed by atoms with van der Waals surface area (Å²) in [5.74, 6) is 0. The standard InChI is InChI=1S/C17H28N2/c1-4-14-7-9-15(10-8-14)13-16(18)17(19(2)3)11-5-6-12-17/h7-10,16H,4-6,11-13,18H2,1-3H3. The van der Waals surface area contributed by atoms with Crippen LogP contribution in [0.15, 0.2) is 24.3 Å². The van der Waals surface area contributed by atoms with Gasteiger partial charge in [0.05, 0.1) is 0 Å². The van der Waals surface area contributed by atoms with Crippen molar-refractivity contribution in [2.24, 2.45) is 5.73 Å². The van der Waals surface area contributed by atoms with Crippen LogP contribution < -0.4 is 5.73 Å². The Labute approximate surface area is 118 Å². The molecule has 0 aliphatic heterocycles. The number of nitrogens with zero attached hydrogens (tertiary/aromatic N) is 1. The summed E-state index contributed by atoms with van der Waals surface area (Å²) in [5.41, 5.74) is 9.56. The van der Waals surface area contributed by atoms with E-state index in [2.05, 4.69) is 50.2 Å². The molecule has 0 radical (unpaired) electrons. The summed E-state index contributed by atoms with van der Waals surface area (Å²) in [6.07, 6.45) is 7.22. The summed E-state index contributed by atoms with van der Waals surface area (Å²) in [6.45, 7) is 2.19. The third kappa shape index (κ3) is 3.01. The van der Waals surface area contributed by atoms with Crippen LogP contribution in [-0.4, -0.2) is 30.6 Å². The summed E-state index contributed by atoms with van der Waals surface area (Å²) < 4.78 is 0. The molecule has 2 heteroatoms. The zero-order chi connectivity index (χ0) is 13.9. The molecule has 1 aliphatic rings. The Kier molecular flexibility index (Phi) is 4.64. The second kappa shape index (κ2) is 6.06. The highest BCUT2D eigenvalue weighted by Gasteiger charge is 2.41. The van der Waals surface area contributed by atoms with Gasteiger partial charge in [0, 0.05) is 11.6 Å². The van der Waals surface area contributed by atoms with Crippen molar-refractivity contribution in [3.63, 3.8) is 0 Å². The first-order chi connectivity index (χ1) is 9.08. The van der Waals surface area contributed by atoms with Gasteiger partial charge in [-0.15, -0.1) is 0 Å². The molecule has 1 aliphatic carbocycles. The van der Waals surface area contributed by atoms with E-state index in [1.807, 2.05) is 0 Å². The van der Waals surface area contributed by atoms with E-state index in [4.69, 9.17) is 5.73 Å². The fourth-order valence-corrected chi connectivity index (χ4v) is 3.49. The number of nitrogens with two attached hydrogens (primary N) is 1. The van der Waals surface area contributed by atoms with Crippen LogP contribution in [0.2, 0.25) is 0 Å². The molecule has 2 nitrogen and oxygen atoms in total. The van der Waals surface area contributed by atoms with Gasteiger partial charge in [0.2, 0.25) is 0 Å². The summed E-state index contributed by atoms with van der Waals surface area (Å²) in [5, 5.41) is 0. The van der Waals surface area contributed by atoms with E-state index < -0.39 is 0 Å². The molecule has 1 unspecified atom stereocenters. The fraction of sp³-hybridized carbons (Fsp3) is 0.647. The van der Waals surface area contributed by atoms with E-state index in [0.717, 1.165) is 12.8 Å². The van der Waals surface area contributed by atoms with Crippen LogP contribution >= 0.6 is 0 Å². The Morgan fingerprint density at radius 1 is 1.11 bits per heavy atom. The third-order valence-corrected chi connectivity index (χ3v) is 4.94. The second-order valence-electron chi connectivity index (χ2n) is 6.19. The Balaban J connectivity index is 2.08. The van der Waals surface area contributed by atoms with Gasteiger partial charge in [-0.1, -0.05) is 44.0 Å². The van der Waals surface area contributed by atoms with Gasteiger partial charge in [0.25, 0.3) is 0 Å². The van der Waals surface area contributed by atoms with Crippen LogP contribution in [0.1, 0.15) is 43.7 Å². The van der Waals surface area contributed by atoms with Crippen molar-refractivity contribution in [1.82, 2.24) is 4.90 Å². The average molecular weight is 260 g/mol. The van der Waals surface area contributed by atoms with Gasteiger partial charge in [0.1, 0.15) is 0 Å². The lowest BCUT2D eigenvalue weighted by Gasteiger charge is -2.41. The van der Waals surface area contributed by atoms with Gasteiger partial charge in [-0.25, -0.2) is 0 Å². The van der Waals surface area contributed by atoms with Crippen molar-refractivity contribution in [2.75, 3.05) is 14.1 Å². The van der Waals surface area contributed by atoms with Crippen LogP contribution in [0.5, 0.6) is 0 Å². The van der Waals surface area contributed by atoms with E-state index in [0.29, 0.717) is 0 Å². The number of rotatable bonds is 5. The zero-order valence-corrected chi connectivity index (χ0v) is 12.7. The maximum Gasteiger partial charge on any atom is 0.0357 e. The minimum absolute atomic E-state index is 0.212. The first-order valence-corrected chi connectivity index (χ1v) is 7.59. The van der Waals surface area contributed by atoms with E-state index in [1.54, 1.807) is 0 Å². The first-order valence-electron chi connectivity index (χ1n) is 7.59. The highest BCUT2D eigenvalue weighted by atomic mass is 15.2. The molecule has 2 rings (SSSR count). The molecule has 0 aromatic heterocycles. The van der Waals surface area contributed by atoms with Crippen LogP contribution in [0.3, 0.4) is 0 Å². The second-order valence-corrected chi connectivity index (χ2v) is 6.19. The van der Waals surface area contributed by atoms with E-state index >= 15 is 0 Å². The van der Waals surface area contributed by atoms with Crippen molar-refractivity contribution in [3.8, 4) is 0 Å². The molecular formula is C17H28N2. The molecule has 1 fully saturated rings. The smallest absolute Gasteiger partial charge is 0.0357 e. The summed E-state index contributed by atoms with van der Waals surface area (Å²) in [6, 6.07) is 9.20. The van der Waals surface area contributed by atoms with E-state index in [-0.39, 0.29) is 11.6 Å². The highest BCUT2D eigenvalue weighted by molar-refractivity contribution is 5.24. The first kappa shape index (κ1) is 14.5. The Bertz CT molecular complexity index is 388. The molecule has 1 atom stereocenters. The SMILES string of the molecule is CCc1ccc(CC(N)C2(N(C)C)CCCC2)cc1. The average Bonchev–Trinajstić information content (AvgIpc) is 2.90. The summed E-state index contributed by atoms with van der Waals surface area (Å²) in [4.78, 5) is 2.37. The van der Waals surface area contributed by atoms with Gasteiger partial charge in [-0.05, 0) is 50.9 Å². The minimum atomic E-state index is 0.212. The lowest BCUT2D eigenvalue weighted by Crippen LogP contribution is -2.56. The molecule has 0 heterocycles. The molecule has 106 valence electrons. The van der Waals surface area contributed by atoms with Gasteiger partial charge in [-0.2, -0.15) is 0 Å². The molecule has 1 aromatic rings. The summed E-state index contributed by atoms with van der Waals surface area (Å²) in [7, 11) is 4.37. The molecule has 0 spiro atoms. The molecule has 19 heavy (non-hydrogen) atoms. The Morgan fingerprint density at radius 3 is 2.11 bits per heavy atom. The van der Waals surface area contributed by atoms with Crippen molar-refractivity contribution in [3.05, 3.63) is 35.4 Å². The maximum absolute atomic E-state index is 6.58. The molecule has 0 saturated heterocycles. The van der Waals surface area contributed by atoms with Crippen LogP contribution in [0.4, 0.5) is 0 Å². The highest BCUT2D eigenvalue weighted by Crippen LogP contribution is 2.36. The molecule has 2 N–H and O–H groups in total. The quantitative estimate of drug-likeness (QED) is 0.882. The molecular weight excluding hydrogens is 232 g/mol. The molecule has 1 aromatic carbocycles. The zero-order valence-electron chi connectivity index (χ0n) is 12.7. The van der Waals surface area contributed by atoms with Crippen molar-refractivity contribution < 1.29 is 0 Å². The largest absolute Gasteiger partial charge is 0.326 e. The lowest BCUT2D eigenvalue weighted by molar-refractivity contribution is 0.123. The number of benzene rings is 1. The molecule has 1 saturated carbocycles.